The maximum atomic E-state index is 12.5. The molecule has 0 bridgehead atoms. The topological polar surface area (TPSA) is 105 Å². The van der Waals surface area contributed by atoms with Gasteiger partial charge in [0.1, 0.15) is 18.7 Å². The summed E-state index contributed by atoms with van der Waals surface area (Å²) in [5.41, 5.74) is 4.46. The lowest BCUT2D eigenvalue weighted by atomic mass is 9.98. The molecule has 8 heteroatoms. The van der Waals surface area contributed by atoms with Crippen LogP contribution < -0.4 is 10.6 Å². The summed E-state index contributed by atoms with van der Waals surface area (Å²) in [6.45, 7) is 1.52. The van der Waals surface area contributed by atoms with Crippen molar-refractivity contribution in [3.63, 3.8) is 0 Å². The van der Waals surface area contributed by atoms with Crippen LogP contribution in [0.3, 0.4) is 0 Å². The molecule has 1 unspecified atom stereocenters. The fourth-order valence-electron chi connectivity index (χ4n) is 3.66. The second-order valence-corrected chi connectivity index (χ2v) is 8.36. The van der Waals surface area contributed by atoms with Crippen molar-refractivity contribution in [2.45, 2.75) is 31.3 Å². The summed E-state index contributed by atoms with van der Waals surface area (Å²) >= 11 is 1.53. The molecule has 1 aliphatic rings. The quantitative estimate of drug-likeness (QED) is 0.551. The monoisotopic (exact) mass is 442 g/mol. The summed E-state index contributed by atoms with van der Waals surface area (Å²) in [7, 11) is 0. The van der Waals surface area contributed by atoms with E-state index in [1.807, 2.05) is 42.7 Å². The molecular formula is C23H26N2O5S. The number of hydrogen-bond donors (Lipinski definition) is 3. The van der Waals surface area contributed by atoms with Crippen LogP contribution in [0.5, 0.6) is 0 Å². The Balaban J connectivity index is 1.65. The summed E-state index contributed by atoms with van der Waals surface area (Å²) in [6.07, 6.45) is 1.55. The summed E-state index contributed by atoms with van der Waals surface area (Å²) in [6, 6.07) is 14.2. The number of amides is 2. The Morgan fingerprint density at radius 1 is 1.03 bits per heavy atom. The minimum Gasteiger partial charge on any atom is -0.480 e. The highest BCUT2D eigenvalue weighted by molar-refractivity contribution is 7.98. The number of benzene rings is 2. The Labute approximate surface area is 185 Å². The van der Waals surface area contributed by atoms with E-state index in [4.69, 9.17) is 9.84 Å². The molecule has 164 valence electrons. The van der Waals surface area contributed by atoms with Crippen molar-refractivity contribution in [1.82, 2.24) is 10.6 Å². The molecule has 0 fully saturated rings. The second kappa shape index (κ2) is 10.3. The van der Waals surface area contributed by atoms with Gasteiger partial charge in [-0.15, -0.1) is 0 Å². The largest absolute Gasteiger partial charge is 0.480 e. The lowest BCUT2D eigenvalue weighted by Crippen LogP contribution is -2.51. The third kappa shape index (κ3) is 5.38. The van der Waals surface area contributed by atoms with Crippen molar-refractivity contribution in [2.75, 3.05) is 18.6 Å². The van der Waals surface area contributed by atoms with Gasteiger partial charge in [-0.2, -0.15) is 11.8 Å². The van der Waals surface area contributed by atoms with Crippen molar-refractivity contribution in [3.05, 3.63) is 59.7 Å². The molecule has 31 heavy (non-hydrogen) atoms. The fraction of sp³-hybridized carbons (Fsp3) is 0.348. The van der Waals surface area contributed by atoms with E-state index in [0.717, 1.165) is 22.3 Å². The van der Waals surface area contributed by atoms with Crippen LogP contribution in [-0.4, -0.2) is 53.8 Å². The first kappa shape index (κ1) is 22.7. The van der Waals surface area contributed by atoms with Gasteiger partial charge in [0.25, 0.3) is 0 Å². The van der Waals surface area contributed by atoms with Gasteiger partial charge >= 0.3 is 12.1 Å². The Kier molecular flexibility index (Phi) is 7.57. The molecule has 0 saturated heterocycles. The van der Waals surface area contributed by atoms with E-state index in [-0.39, 0.29) is 12.5 Å². The van der Waals surface area contributed by atoms with Gasteiger partial charge < -0.3 is 20.5 Å². The van der Waals surface area contributed by atoms with Gasteiger partial charge in [0, 0.05) is 5.92 Å². The standard InChI is InChI=1S/C23H26N2O5S/c1-14(22(27)28)24-21(26)20(11-12-31-2)25-23(29)30-13-19-17-9-5-3-7-15(17)16-8-4-6-10-18(16)19/h3-10,14,19-20H,11-13H2,1-2H3,(H,24,26)(H,25,29)(H,27,28)/t14-,20?/m1/s1. The molecule has 2 atom stereocenters. The van der Waals surface area contributed by atoms with Gasteiger partial charge in [-0.05, 0) is 47.6 Å². The summed E-state index contributed by atoms with van der Waals surface area (Å²) in [5, 5.41) is 14.0. The van der Waals surface area contributed by atoms with Crippen LogP contribution in [0, 0.1) is 0 Å². The number of carboxylic acid groups (broad SMARTS) is 1. The summed E-state index contributed by atoms with van der Waals surface area (Å²) in [5.74, 6) is -1.14. The highest BCUT2D eigenvalue weighted by Crippen LogP contribution is 2.44. The van der Waals surface area contributed by atoms with Crippen molar-refractivity contribution in [1.29, 1.82) is 0 Å². The Morgan fingerprint density at radius 2 is 1.61 bits per heavy atom. The van der Waals surface area contributed by atoms with Gasteiger partial charge in [0.2, 0.25) is 5.91 Å². The molecule has 0 saturated carbocycles. The van der Waals surface area contributed by atoms with Crippen LogP contribution in [0.25, 0.3) is 11.1 Å². The average molecular weight is 443 g/mol. The average Bonchev–Trinajstić information content (AvgIpc) is 3.08. The first-order valence-corrected chi connectivity index (χ1v) is 11.5. The van der Waals surface area contributed by atoms with E-state index in [1.165, 1.54) is 18.7 Å². The molecule has 2 aromatic carbocycles. The highest BCUT2D eigenvalue weighted by Gasteiger charge is 2.30. The maximum Gasteiger partial charge on any atom is 0.407 e. The SMILES string of the molecule is CSCCC(NC(=O)OCC1c2ccccc2-c2ccccc21)C(=O)N[C@H](C)C(=O)O. The van der Waals surface area contributed by atoms with Crippen LogP contribution >= 0.6 is 11.8 Å². The molecule has 0 spiro atoms. The summed E-state index contributed by atoms with van der Waals surface area (Å²) in [4.78, 5) is 35.9. The Bertz CT molecular complexity index is 919. The van der Waals surface area contributed by atoms with Gasteiger partial charge in [-0.25, -0.2) is 4.79 Å². The molecule has 7 nitrogen and oxygen atoms in total. The zero-order valence-corrected chi connectivity index (χ0v) is 18.3. The van der Waals surface area contributed by atoms with Crippen molar-refractivity contribution in [3.8, 4) is 11.1 Å². The zero-order chi connectivity index (χ0) is 22.4. The molecule has 2 aromatic rings. The first-order valence-electron chi connectivity index (χ1n) is 10.1. The molecule has 0 aromatic heterocycles. The lowest BCUT2D eigenvalue weighted by molar-refractivity contribution is -0.141. The highest BCUT2D eigenvalue weighted by atomic mass is 32.2. The second-order valence-electron chi connectivity index (χ2n) is 7.37. The number of carboxylic acids is 1. The van der Waals surface area contributed by atoms with Gasteiger partial charge in [-0.1, -0.05) is 48.5 Å². The van der Waals surface area contributed by atoms with E-state index in [0.29, 0.717) is 12.2 Å². The van der Waals surface area contributed by atoms with E-state index in [9.17, 15) is 14.4 Å². The maximum absolute atomic E-state index is 12.5. The smallest absolute Gasteiger partial charge is 0.407 e. The predicted octanol–water partition coefficient (Wildman–Crippen LogP) is 3.24. The molecule has 0 heterocycles. The van der Waals surface area contributed by atoms with Crippen molar-refractivity contribution in [2.24, 2.45) is 0 Å². The normalized spacial score (nSPS) is 14.1. The Morgan fingerprint density at radius 3 is 2.16 bits per heavy atom. The van der Waals surface area contributed by atoms with Crippen molar-refractivity contribution >= 4 is 29.7 Å². The minimum atomic E-state index is -1.14. The molecular weight excluding hydrogens is 416 g/mol. The minimum absolute atomic E-state index is 0.0799. The number of ether oxygens (including phenoxy) is 1. The third-order valence-electron chi connectivity index (χ3n) is 5.29. The number of carbonyl (C=O) groups is 3. The third-order valence-corrected chi connectivity index (χ3v) is 5.94. The van der Waals surface area contributed by atoms with Crippen LogP contribution in [0.4, 0.5) is 4.79 Å². The van der Waals surface area contributed by atoms with Crippen LogP contribution in [-0.2, 0) is 14.3 Å². The number of aliphatic carboxylic acids is 1. The number of fused-ring (bicyclic) bond motifs is 3. The predicted molar refractivity (Wildman–Crippen MR) is 120 cm³/mol. The molecule has 3 rings (SSSR count). The van der Waals surface area contributed by atoms with Crippen molar-refractivity contribution < 1.29 is 24.2 Å². The van der Waals surface area contributed by atoms with E-state index in [1.54, 1.807) is 0 Å². The van der Waals surface area contributed by atoms with Crippen LogP contribution in [0.15, 0.2) is 48.5 Å². The van der Waals surface area contributed by atoms with Crippen LogP contribution in [0.1, 0.15) is 30.4 Å². The molecule has 1 aliphatic carbocycles. The first-order chi connectivity index (χ1) is 14.9. The molecule has 3 N–H and O–H groups in total. The summed E-state index contributed by atoms with van der Waals surface area (Å²) < 4.78 is 5.50. The lowest BCUT2D eigenvalue weighted by Gasteiger charge is -2.20. The number of rotatable bonds is 9. The fourth-order valence-corrected chi connectivity index (χ4v) is 4.13. The zero-order valence-electron chi connectivity index (χ0n) is 17.5. The van der Waals surface area contributed by atoms with Gasteiger partial charge in [-0.3, -0.25) is 9.59 Å². The van der Waals surface area contributed by atoms with Gasteiger partial charge in [0.05, 0.1) is 0 Å². The van der Waals surface area contributed by atoms with Gasteiger partial charge in [0.15, 0.2) is 0 Å². The Hall–Kier alpha value is -3.00. The van der Waals surface area contributed by atoms with E-state index >= 15 is 0 Å². The van der Waals surface area contributed by atoms with E-state index in [2.05, 4.69) is 22.8 Å². The number of nitrogens with one attached hydrogen (secondary N) is 2. The number of alkyl carbamates (subject to hydrolysis) is 1. The molecule has 0 radical (unpaired) electrons. The molecule has 0 aliphatic heterocycles. The molecule has 2 amide bonds. The number of hydrogen-bond acceptors (Lipinski definition) is 5. The van der Waals surface area contributed by atoms with E-state index < -0.39 is 30.1 Å². The van der Waals surface area contributed by atoms with Crippen LogP contribution in [0.2, 0.25) is 0 Å². The number of carbonyl (C=O) groups excluding carboxylic acids is 2. The number of thioether (sulfide) groups is 1.